The number of aromatic amines is 1. The molecule has 102 valence electrons. The summed E-state index contributed by atoms with van der Waals surface area (Å²) >= 11 is 0. The lowest BCUT2D eigenvalue weighted by atomic mass is 10.1. The number of hydrogen-bond acceptors (Lipinski definition) is 4. The molecule has 1 aromatic rings. The zero-order valence-electron chi connectivity index (χ0n) is 11.6. The summed E-state index contributed by atoms with van der Waals surface area (Å²) in [5.74, 6) is 1.92. The number of aryl methyl sites for hydroxylation is 1. The summed E-state index contributed by atoms with van der Waals surface area (Å²) in [6.45, 7) is 4.33. The van der Waals surface area contributed by atoms with Gasteiger partial charge in [0.1, 0.15) is 5.82 Å². The molecular formula is C13H25N5. The Labute approximate surface area is 109 Å². The van der Waals surface area contributed by atoms with Crippen LogP contribution < -0.4 is 10.2 Å². The minimum Gasteiger partial charge on any atom is -0.339 e. The van der Waals surface area contributed by atoms with Gasteiger partial charge in [-0.25, -0.2) is 0 Å². The Bertz CT molecular complexity index is 341. The first-order valence-electron chi connectivity index (χ1n) is 7.17. The molecular weight excluding hydrogens is 226 g/mol. The van der Waals surface area contributed by atoms with Crippen LogP contribution in [0.4, 0.5) is 5.95 Å². The maximum absolute atomic E-state index is 4.60. The number of hydrogen-bond donors (Lipinski definition) is 2. The molecule has 1 aliphatic rings. The summed E-state index contributed by atoms with van der Waals surface area (Å²) in [6.07, 6.45) is 7.09. The van der Waals surface area contributed by atoms with Crippen molar-refractivity contribution in [1.82, 2.24) is 20.5 Å². The van der Waals surface area contributed by atoms with E-state index in [1.165, 1.54) is 32.1 Å². The summed E-state index contributed by atoms with van der Waals surface area (Å²) in [4.78, 5) is 6.88. The van der Waals surface area contributed by atoms with Crippen molar-refractivity contribution in [2.24, 2.45) is 0 Å². The number of H-pyrrole nitrogens is 1. The summed E-state index contributed by atoms with van der Waals surface area (Å²) in [5.41, 5.74) is 0. The monoisotopic (exact) mass is 251 g/mol. The van der Waals surface area contributed by atoms with Gasteiger partial charge in [0.05, 0.1) is 0 Å². The number of piperidine rings is 1. The summed E-state index contributed by atoms with van der Waals surface area (Å²) in [7, 11) is 2.04. The van der Waals surface area contributed by atoms with Gasteiger partial charge in [-0.05, 0) is 26.3 Å². The van der Waals surface area contributed by atoms with Crippen LogP contribution in [0.25, 0.3) is 0 Å². The van der Waals surface area contributed by atoms with Gasteiger partial charge in [-0.15, -0.1) is 5.10 Å². The van der Waals surface area contributed by atoms with Crippen LogP contribution in [-0.2, 0) is 6.42 Å². The molecule has 1 fully saturated rings. The summed E-state index contributed by atoms with van der Waals surface area (Å²) in [6, 6.07) is 0.657. The Morgan fingerprint density at radius 2 is 2.11 bits per heavy atom. The van der Waals surface area contributed by atoms with Crippen LogP contribution in [0.1, 0.15) is 44.9 Å². The van der Waals surface area contributed by atoms with Gasteiger partial charge in [0.15, 0.2) is 0 Å². The molecule has 0 atom stereocenters. The van der Waals surface area contributed by atoms with Gasteiger partial charge in [-0.2, -0.15) is 4.98 Å². The van der Waals surface area contributed by atoms with Crippen LogP contribution in [0.15, 0.2) is 0 Å². The summed E-state index contributed by atoms with van der Waals surface area (Å²) in [5, 5.41) is 10.7. The second kappa shape index (κ2) is 6.73. The fraction of sp³-hybridized carbons (Fsp3) is 0.846. The van der Waals surface area contributed by atoms with E-state index in [2.05, 4.69) is 32.3 Å². The van der Waals surface area contributed by atoms with E-state index in [1.807, 2.05) is 7.05 Å². The second-order valence-corrected chi connectivity index (χ2v) is 5.09. The highest BCUT2D eigenvalue weighted by Crippen LogP contribution is 2.16. The first-order chi connectivity index (χ1) is 8.83. The van der Waals surface area contributed by atoms with E-state index < -0.39 is 0 Å². The van der Waals surface area contributed by atoms with Gasteiger partial charge < -0.3 is 10.2 Å². The van der Waals surface area contributed by atoms with Crippen molar-refractivity contribution in [3.63, 3.8) is 0 Å². The molecule has 5 nitrogen and oxygen atoms in total. The van der Waals surface area contributed by atoms with Crippen molar-refractivity contribution < 1.29 is 0 Å². The van der Waals surface area contributed by atoms with Crippen molar-refractivity contribution in [3.05, 3.63) is 5.82 Å². The third-order valence-corrected chi connectivity index (χ3v) is 3.72. The minimum absolute atomic E-state index is 0.657. The number of nitrogens with zero attached hydrogens (tertiary/aromatic N) is 3. The molecule has 2 rings (SSSR count). The molecule has 2 N–H and O–H groups in total. The molecule has 0 radical (unpaired) electrons. The lowest BCUT2D eigenvalue weighted by molar-refractivity contribution is 0.439. The average molecular weight is 251 g/mol. The minimum atomic E-state index is 0.657. The molecule has 0 spiro atoms. The number of nitrogens with one attached hydrogen (secondary N) is 2. The van der Waals surface area contributed by atoms with Crippen LogP contribution in [0.5, 0.6) is 0 Å². The molecule has 1 aromatic heterocycles. The first-order valence-corrected chi connectivity index (χ1v) is 7.17. The van der Waals surface area contributed by atoms with Gasteiger partial charge in [0.25, 0.3) is 0 Å². The number of rotatable bonds is 6. The molecule has 0 aliphatic carbocycles. The van der Waals surface area contributed by atoms with Crippen LogP contribution in [-0.4, -0.2) is 41.4 Å². The van der Waals surface area contributed by atoms with E-state index >= 15 is 0 Å². The van der Waals surface area contributed by atoms with E-state index in [4.69, 9.17) is 0 Å². The number of aromatic nitrogens is 3. The van der Waals surface area contributed by atoms with Crippen molar-refractivity contribution in [3.8, 4) is 0 Å². The highest BCUT2D eigenvalue weighted by molar-refractivity contribution is 5.29. The van der Waals surface area contributed by atoms with Gasteiger partial charge >= 0.3 is 0 Å². The van der Waals surface area contributed by atoms with E-state index in [-0.39, 0.29) is 0 Å². The topological polar surface area (TPSA) is 56.8 Å². The van der Waals surface area contributed by atoms with Gasteiger partial charge in [0, 0.05) is 25.6 Å². The largest absolute Gasteiger partial charge is 0.339 e. The van der Waals surface area contributed by atoms with Gasteiger partial charge in [-0.3, -0.25) is 5.10 Å². The normalized spacial score (nSPS) is 17.3. The number of unbranched alkanes of at least 4 members (excludes halogenated alkanes) is 2. The highest BCUT2D eigenvalue weighted by Gasteiger charge is 2.20. The molecule has 0 bridgehead atoms. The highest BCUT2D eigenvalue weighted by atomic mass is 15.4. The van der Waals surface area contributed by atoms with Crippen molar-refractivity contribution >= 4 is 5.95 Å². The fourth-order valence-electron chi connectivity index (χ4n) is 2.45. The third-order valence-electron chi connectivity index (χ3n) is 3.72. The first kappa shape index (κ1) is 13.3. The smallest absolute Gasteiger partial charge is 0.244 e. The predicted octanol–water partition coefficient (Wildman–Crippen LogP) is 1.73. The quantitative estimate of drug-likeness (QED) is 0.756. The molecule has 1 saturated heterocycles. The van der Waals surface area contributed by atoms with E-state index in [0.717, 1.165) is 31.3 Å². The van der Waals surface area contributed by atoms with Crippen molar-refractivity contribution in [2.45, 2.75) is 51.5 Å². The number of anilines is 1. The molecule has 18 heavy (non-hydrogen) atoms. The Kier molecular flexibility index (Phi) is 4.99. The van der Waals surface area contributed by atoms with Crippen molar-refractivity contribution in [2.75, 3.05) is 25.0 Å². The van der Waals surface area contributed by atoms with E-state index in [1.54, 1.807) is 0 Å². The van der Waals surface area contributed by atoms with Gasteiger partial charge in [0.2, 0.25) is 5.95 Å². The van der Waals surface area contributed by atoms with Crippen LogP contribution in [0, 0.1) is 0 Å². The molecule has 0 unspecified atom stereocenters. The predicted molar refractivity (Wildman–Crippen MR) is 73.9 cm³/mol. The fourth-order valence-corrected chi connectivity index (χ4v) is 2.45. The Morgan fingerprint density at radius 3 is 2.78 bits per heavy atom. The Morgan fingerprint density at radius 1 is 1.33 bits per heavy atom. The molecule has 0 aromatic carbocycles. The maximum atomic E-state index is 4.60. The van der Waals surface area contributed by atoms with Gasteiger partial charge in [-0.1, -0.05) is 19.8 Å². The lowest BCUT2D eigenvalue weighted by Gasteiger charge is -2.30. The average Bonchev–Trinajstić information content (AvgIpc) is 2.88. The zero-order chi connectivity index (χ0) is 12.8. The zero-order valence-corrected chi connectivity index (χ0v) is 11.6. The third kappa shape index (κ3) is 3.45. The second-order valence-electron chi connectivity index (χ2n) is 5.09. The van der Waals surface area contributed by atoms with Crippen LogP contribution >= 0.6 is 0 Å². The van der Waals surface area contributed by atoms with Crippen molar-refractivity contribution in [1.29, 1.82) is 0 Å². The molecule has 5 heteroatoms. The molecule has 2 heterocycles. The lowest BCUT2D eigenvalue weighted by Crippen LogP contribution is -2.41. The molecule has 0 saturated carbocycles. The Hall–Kier alpha value is -1.10. The van der Waals surface area contributed by atoms with Crippen LogP contribution in [0.3, 0.4) is 0 Å². The van der Waals surface area contributed by atoms with E-state index in [9.17, 15) is 0 Å². The molecule has 0 amide bonds. The standard InChI is InChI=1S/C13H25N5/c1-3-4-5-6-12-15-13(17-16-12)18-9-7-11(14-2)8-10-18/h11,14H,3-10H2,1-2H3,(H,15,16,17). The molecule has 1 aliphatic heterocycles. The Balaban J connectivity index is 1.82. The summed E-state index contributed by atoms with van der Waals surface area (Å²) < 4.78 is 0. The van der Waals surface area contributed by atoms with E-state index in [0.29, 0.717) is 6.04 Å². The maximum Gasteiger partial charge on any atom is 0.244 e. The van der Waals surface area contributed by atoms with Crippen LogP contribution in [0.2, 0.25) is 0 Å². The SMILES string of the molecule is CCCCCc1nc(N2CCC(NC)CC2)n[nH]1.